The van der Waals surface area contributed by atoms with Crippen LogP contribution in [0.1, 0.15) is 12.8 Å². The highest BCUT2D eigenvalue weighted by atomic mass is 32.2. The summed E-state index contributed by atoms with van der Waals surface area (Å²) in [5, 5.41) is 11.8. The molecule has 2 aromatic heterocycles. The lowest BCUT2D eigenvalue weighted by molar-refractivity contribution is -0.118. The number of nitrogens with one attached hydrogen (secondary N) is 1. The molecule has 2 aromatic rings. The van der Waals surface area contributed by atoms with Gasteiger partial charge >= 0.3 is 0 Å². The van der Waals surface area contributed by atoms with E-state index in [1.165, 1.54) is 24.6 Å². The van der Waals surface area contributed by atoms with Crippen molar-refractivity contribution in [2.24, 2.45) is 13.0 Å². The maximum absolute atomic E-state index is 11.7. The molecule has 0 aliphatic heterocycles. The van der Waals surface area contributed by atoms with Gasteiger partial charge in [0.15, 0.2) is 16.7 Å². The molecule has 0 unspecified atom stereocenters. The van der Waals surface area contributed by atoms with Crippen LogP contribution in [0, 0.1) is 5.92 Å². The van der Waals surface area contributed by atoms with E-state index in [1.54, 1.807) is 6.26 Å². The zero-order valence-electron chi connectivity index (χ0n) is 11.2. The third kappa shape index (κ3) is 3.04. The summed E-state index contributed by atoms with van der Waals surface area (Å²) < 4.78 is 7.13. The molecule has 7 heteroatoms. The first-order valence-corrected chi connectivity index (χ1v) is 7.55. The molecule has 0 saturated heterocycles. The number of thioether (sulfide) groups is 1. The van der Waals surface area contributed by atoms with Crippen molar-refractivity contribution in [3.63, 3.8) is 0 Å². The normalized spacial score (nSPS) is 14.4. The van der Waals surface area contributed by atoms with Crippen LogP contribution in [0.5, 0.6) is 0 Å². The summed E-state index contributed by atoms with van der Waals surface area (Å²) >= 11 is 1.38. The topological polar surface area (TPSA) is 73.0 Å². The zero-order valence-corrected chi connectivity index (χ0v) is 12.0. The van der Waals surface area contributed by atoms with Gasteiger partial charge in [-0.05, 0) is 30.9 Å². The first-order chi connectivity index (χ1) is 9.74. The molecular weight excluding hydrogens is 276 g/mol. The Balaban J connectivity index is 1.56. The molecule has 0 aromatic carbocycles. The van der Waals surface area contributed by atoms with E-state index in [1.807, 2.05) is 23.7 Å². The minimum atomic E-state index is 0.0458. The summed E-state index contributed by atoms with van der Waals surface area (Å²) in [4.78, 5) is 11.7. The summed E-state index contributed by atoms with van der Waals surface area (Å²) in [7, 11) is 1.86. The molecule has 1 fully saturated rings. The first-order valence-electron chi connectivity index (χ1n) is 6.57. The van der Waals surface area contributed by atoms with Crippen molar-refractivity contribution in [1.29, 1.82) is 0 Å². The highest BCUT2D eigenvalue weighted by Crippen LogP contribution is 2.27. The van der Waals surface area contributed by atoms with Crippen LogP contribution in [0.3, 0.4) is 0 Å². The van der Waals surface area contributed by atoms with Gasteiger partial charge in [-0.3, -0.25) is 4.79 Å². The van der Waals surface area contributed by atoms with E-state index >= 15 is 0 Å². The Morgan fingerprint density at radius 3 is 3.10 bits per heavy atom. The van der Waals surface area contributed by atoms with Gasteiger partial charge in [0.1, 0.15) is 0 Å². The van der Waals surface area contributed by atoms with Crippen LogP contribution in [0.25, 0.3) is 11.6 Å². The smallest absolute Gasteiger partial charge is 0.230 e. The van der Waals surface area contributed by atoms with Crippen molar-refractivity contribution in [1.82, 2.24) is 20.1 Å². The van der Waals surface area contributed by atoms with E-state index < -0.39 is 0 Å². The van der Waals surface area contributed by atoms with Crippen molar-refractivity contribution < 1.29 is 9.21 Å². The predicted molar refractivity (Wildman–Crippen MR) is 75.2 cm³/mol. The third-order valence-electron chi connectivity index (χ3n) is 3.19. The molecule has 2 heterocycles. The fraction of sp³-hybridized carbons (Fsp3) is 0.462. The average Bonchev–Trinajstić information content (AvgIpc) is 2.98. The minimum Gasteiger partial charge on any atom is -0.461 e. The quantitative estimate of drug-likeness (QED) is 0.820. The third-order valence-corrected chi connectivity index (χ3v) is 4.21. The van der Waals surface area contributed by atoms with Crippen LogP contribution in [-0.2, 0) is 11.8 Å². The van der Waals surface area contributed by atoms with Gasteiger partial charge in [-0.2, -0.15) is 0 Å². The minimum absolute atomic E-state index is 0.0458. The van der Waals surface area contributed by atoms with Crippen molar-refractivity contribution in [2.75, 3.05) is 12.3 Å². The maximum atomic E-state index is 11.7. The Kier molecular flexibility index (Phi) is 3.77. The molecule has 1 aliphatic rings. The van der Waals surface area contributed by atoms with Crippen molar-refractivity contribution >= 4 is 17.7 Å². The number of hydrogen-bond donors (Lipinski definition) is 1. The lowest BCUT2D eigenvalue weighted by atomic mass is 10.4. The van der Waals surface area contributed by atoms with Crippen LogP contribution in [0.2, 0.25) is 0 Å². The van der Waals surface area contributed by atoms with Gasteiger partial charge in [-0.25, -0.2) is 0 Å². The lowest BCUT2D eigenvalue weighted by Gasteiger charge is -2.04. The number of furan rings is 1. The van der Waals surface area contributed by atoms with Gasteiger partial charge in [-0.1, -0.05) is 11.8 Å². The molecule has 0 radical (unpaired) electrons. The Hall–Kier alpha value is -1.76. The standard InChI is InChI=1S/C13H16N4O2S/c1-17-12(10-3-2-6-19-10)15-16-13(17)20-8-11(18)14-7-9-4-5-9/h2-3,6,9H,4-5,7-8H2,1H3,(H,14,18). The van der Waals surface area contributed by atoms with Gasteiger partial charge in [0, 0.05) is 13.6 Å². The molecule has 1 N–H and O–H groups in total. The molecule has 0 atom stereocenters. The highest BCUT2D eigenvalue weighted by molar-refractivity contribution is 7.99. The Bertz CT molecular complexity index is 590. The number of rotatable bonds is 6. The van der Waals surface area contributed by atoms with E-state index in [9.17, 15) is 4.79 Å². The second-order valence-corrected chi connectivity index (χ2v) is 5.82. The maximum Gasteiger partial charge on any atom is 0.230 e. The van der Waals surface area contributed by atoms with Crippen LogP contribution < -0.4 is 5.32 Å². The van der Waals surface area contributed by atoms with Crippen LogP contribution in [0.4, 0.5) is 0 Å². The molecule has 0 spiro atoms. The van der Waals surface area contributed by atoms with Gasteiger partial charge in [0.2, 0.25) is 5.91 Å². The lowest BCUT2D eigenvalue weighted by Crippen LogP contribution is -2.27. The Morgan fingerprint density at radius 2 is 2.40 bits per heavy atom. The van der Waals surface area contributed by atoms with Crippen LogP contribution in [-0.4, -0.2) is 33.0 Å². The van der Waals surface area contributed by atoms with E-state index in [0.717, 1.165) is 6.54 Å². The molecule has 6 nitrogen and oxygen atoms in total. The van der Waals surface area contributed by atoms with E-state index in [4.69, 9.17) is 4.42 Å². The number of nitrogens with zero attached hydrogens (tertiary/aromatic N) is 3. The summed E-state index contributed by atoms with van der Waals surface area (Å²) in [6, 6.07) is 3.64. The molecule has 0 bridgehead atoms. The molecule has 3 rings (SSSR count). The number of amides is 1. The van der Waals surface area contributed by atoms with Crippen LogP contribution in [0.15, 0.2) is 28.0 Å². The van der Waals surface area contributed by atoms with Gasteiger partial charge in [-0.15, -0.1) is 10.2 Å². The number of carbonyl (C=O) groups excluding carboxylic acids is 1. The second-order valence-electron chi connectivity index (χ2n) is 4.88. The van der Waals surface area contributed by atoms with Crippen molar-refractivity contribution in [2.45, 2.75) is 18.0 Å². The predicted octanol–water partition coefficient (Wildman–Crippen LogP) is 1.69. The van der Waals surface area contributed by atoms with Crippen LogP contribution >= 0.6 is 11.8 Å². The van der Waals surface area contributed by atoms with E-state index in [-0.39, 0.29) is 5.91 Å². The number of aromatic nitrogens is 3. The Labute approximate surface area is 120 Å². The second kappa shape index (κ2) is 5.70. The summed E-state index contributed by atoms with van der Waals surface area (Å²) in [6.07, 6.45) is 4.08. The van der Waals surface area contributed by atoms with Crippen molar-refractivity contribution in [3.8, 4) is 11.6 Å². The fourth-order valence-electron chi connectivity index (χ4n) is 1.82. The molecule has 1 amide bonds. The van der Waals surface area contributed by atoms with Gasteiger partial charge in [0.25, 0.3) is 0 Å². The summed E-state index contributed by atoms with van der Waals surface area (Å²) in [5.41, 5.74) is 0. The SMILES string of the molecule is Cn1c(SCC(=O)NCC2CC2)nnc1-c1ccco1. The van der Waals surface area contributed by atoms with Gasteiger partial charge < -0.3 is 14.3 Å². The number of carbonyl (C=O) groups is 1. The molecule has 106 valence electrons. The van der Waals surface area contributed by atoms with E-state index in [0.29, 0.717) is 28.4 Å². The van der Waals surface area contributed by atoms with E-state index in [2.05, 4.69) is 15.5 Å². The largest absolute Gasteiger partial charge is 0.461 e. The van der Waals surface area contributed by atoms with Crippen molar-refractivity contribution in [3.05, 3.63) is 18.4 Å². The molecule has 1 aliphatic carbocycles. The Morgan fingerprint density at radius 1 is 1.55 bits per heavy atom. The fourth-order valence-corrected chi connectivity index (χ4v) is 2.56. The summed E-state index contributed by atoms with van der Waals surface area (Å²) in [6.45, 7) is 0.801. The first kappa shape index (κ1) is 13.2. The zero-order chi connectivity index (χ0) is 13.9. The molecule has 1 saturated carbocycles. The molecular formula is C13H16N4O2S. The monoisotopic (exact) mass is 292 g/mol. The molecule has 20 heavy (non-hydrogen) atoms. The highest BCUT2D eigenvalue weighted by Gasteiger charge is 2.21. The number of hydrogen-bond acceptors (Lipinski definition) is 5. The summed E-state index contributed by atoms with van der Waals surface area (Å²) in [5.74, 6) is 2.44. The van der Waals surface area contributed by atoms with Gasteiger partial charge in [0.05, 0.1) is 12.0 Å². The average molecular weight is 292 g/mol.